The smallest absolute Gasteiger partial charge is 0.256 e. The Labute approximate surface area is 103 Å². The first kappa shape index (κ1) is 11.6. The van der Waals surface area contributed by atoms with Crippen LogP contribution < -0.4 is 5.32 Å². The largest absolute Gasteiger partial charge is 0.307 e. The first-order valence-corrected chi connectivity index (χ1v) is 5.54. The van der Waals surface area contributed by atoms with Crippen LogP contribution in [0.15, 0.2) is 24.4 Å². The highest BCUT2D eigenvalue weighted by Gasteiger charge is 2.09. The maximum atomic E-state index is 11.9. The van der Waals surface area contributed by atoms with Gasteiger partial charge in [0.1, 0.15) is 11.0 Å². The number of aryl methyl sites for hydroxylation is 1. The molecule has 6 heteroatoms. The van der Waals surface area contributed by atoms with Crippen molar-refractivity contribution in [1.29, 1.82) is 0 Å². The Balaban J connectivity index is 2.21. The second-order valence-corrected chi connectivity index (χ2v) is 3.84. The van der Waals surface area contributed by atoms with Crippen LogP contribution in [0.3, 0.4) is 0 Å². The highest BCUT2D eigenvalue weighted by molar-refractivity contribution is 6.29. The molecule has 2 aromatic heterocycles. The molecule has 0 saturated carbocycles. The molecule has 2 heterocycles. The third-order valence-electron chi connectivity index (χ3n) is 2.22. The SMILES string of the molecule is CCc1cc(C(=O)Nc2ccn[nH]2)cc(Cl)n1. The van der Waals surface area contributed by atoms with E-state index >= 15 is 0 Å². The number of nitrogens with one attached hydrogen (secondary N) is 2. The minimum Gasteiger partial charge on any atom is -0.307 e. The second kappa shape index (κ2) is 4.97. The number of hydrogen-bond donors (Lipinski definition) is 2. The minimum absolute atomic E-state index is 0.242. The first-order valence-electron chi connectivity index (χ1n) is 5.16. The number of anilines is 1. The van der Waals surface area contributed by atoms with Gasteiger partial charge in [-0.2, -0.15) is 5.10 Å². The van der Waals surface area contributed by atoms with Gasteiger partial charge in [-0.05, 0) is 18.6 Å². The average Bonchev–Trinajstić information content (AvgIpc) is 2.81. The van der Waals surface area contributed by atoms with E-state index in [1.807, 2.05) is 6.92 Å². The van der Waals surface area contributed by atoms with Crippen LogP contribution in [0, 0.1) is 0 Å². The van der Waals surface area contributed by atoms with Crippen molar-refractivity contribution in [2.24, 2.45) is 0 Å². The Kier molecular flexibility index (Phi) is 3.39. The fourth-order valence-electron chi connectivity index (χ4n) is 1.38. The molecule has 0 unspecified atom stereocenters. The van der Waals surface area contributed by atoms with Gasteiger partial charge in [0.25, 0.3) is 5.91 Å². The van der Waals surface area contributed by atoms with Crippen molar-refractivity contribution >= 4 is 23.3 Å². The van der Waals surface area contributed by atoms with E-state index < -0.39 is 0 Å². The molecule has 0 bridgehead atoms. The number of H-pyrrole nitrogens is 1. The topological polar surface area (TPSA) is 70.7 Å². The molecule has 0 aromatic carbocycles. The number of carbonyl (C=O) groups excluding carboxylic acids is 1. The summed E-state index contributed by atoms with van der Waals surface area (Å²) >= 11 is 5.84. The summed E-state index contributed by atoms with van der Waals surface area (Å²) in [5.41, 5.74) is 1.27. The number of rotatable bonds is 3. The molecule has 2 aromatic rings. The Bertz CT molecular complexity index is 524. The van der Waals surface area contributed by atoms with Crippen molar-refractivity contribution < 1.29 is 4.79 Å². The van der Waals surface area contributed by atoms with E-state index in [0.717, 1.165) is 12.1 Å². The van der Waals surface area contributed by atoms with E-state index in [9.17, 15) is 4.79 Å². The zero-order valence-electron chi connectivity index (χ0n) is 9.20. The van der Waals surface area contributed by atoms with Crippen molar-refractivity contribution in [3.63, 3.8) is 0 Å². The Morgan fingerprint density at radius 1 is 1.53 bits per heavy atom. The molecule has 17 heavy (non-hydrogen) atoms. The number of amides is 1. The van der Waals surface area contributed by atoms with E-state index in [1.165, 1.54) is 6.07 Å². The summed E-state index contributed by atoms with van der Waals surface area (Å²) in [6.07, 6.45) is 2.29. The maximum Gasteiger partial charge on any atom is 0.256 e. The summed E-state index contributed by atoms with van der Waals surface area (Å²) in [4.78, 5) is 16.0. The van der Waals surface area contributed by atoms with Crippen LogP contribution in [0.4, 0.5) is 5.82 Å². The monoisotopic (exact) mass is 250 g/mol. The molecule has 5 nitrogen and oxygen atoms in total. The summed E-state index contributed by atoms with van der Waals surface area (Å²) in [5, 5.41) is 9.38. The summed E-state index contributed by atoms with van der Waals surface area (Å²) in [6.45, 7) is 1.95. The molecular formula is C11H11ClN4O. The Hall–Kier alpha value is -1.88. The molecule has 0 aliphatic heterocycles. The number of hydrogen-bond acceptors (Lipinski definition) is 3. The maximum absolute atomic E-state index is 11.9. The van der Waals surface area contributed by atoms with E-state index in [-0.39, 0.29) is 5.91 Å². The molecule has 0 spiro atoms. The van der Waals surface area contributed by atoms with Gasteiger partial charge in [0.15, 0.2) is 0 Å². The lowest BCUT2D eigenvalue weighted by atomic mass is 10.2. The minimum atomic E-state index is -0.242. The highest BCUT2D eigenvalue weighted by atomic mass is 35.5. The number of carbonyl (C=O) groups is 1. The fourth-order valence-corrected chi connectivity index (χ4v) is 1.61. The second-order valence-electron chi connectivity index (χ2n) is 3.45. The van der Waals surface area contributed by atoms with Gasteiger partial charge < -0.3 is 5.32 Å². The highest BCUT2D eigenvalue weighted by Crippen LogP contribution is 2.13. The van der Waals surface area contributed by atoms with Crippen LogP contribution in [0.5, 0.6) is 0 Å². The normalized spacial score (nSPS) is 10.2. The Morgan fingerprint density at radius 3 is 3.00 bits per heavy atom. The summed E-state index contributed by atoms with van der Waals surface area (Å²) in [6, 6.07) is 4.92. The molecule has 0 aliphatic rings. The van der Waals surface area contributed by atoms with Gasteiger partial charge in [-0.1, -0.05) is 18.5 Å². The number of nitrogens with zero attached hydrogens (tertiary/aromatic N) is 2. The molecule has 0 aliphatic carbocycles. The predicted molar refractivity (Wildman–Crippen MR) is 65.2 cm³/mol. The van der Waals surface area contributed by atoms with Crippen molar-refractivity contribution in [3.05, 3.63) is 40.8 Å². The van der Waals surface area contributed by atoms with E-state index in [2.05, 4.69) is 20.5 Å². The molecule has 0 saturated heterocycles. The zero-order chi connectivity index (χ0) is 12.3. The van der Waals surface area contributed by atoms with Gasteiger partial charge in [-0.15, -0.1) is 0 Å². The standard InChI is InChI=1S/C11H11ClN4O/c1-2-8-5-7(6-9(12)14-8)11(17)15-10-3-4-13-16-10/h3-6H,2H2,1H3,(H2,13,15,16,17). The van der Waals surface area contributed by atoms with Gasteiger partial charge in [-0.3, -0.25) is 9.89 Å². The lowest BCUT2D eigenvalue weighted by Crippen LogP contribution is -2.13. The average molecular weight is 251 g/mol. The molecule has 0 fully saturated rings. The molecule has 2 rings (SSSR count). The quantitative estimate of drug-likeness (QED) is 0.821. The van der Waals surface area contributed by atoms with Gasteiger partial charge in [0.05, 0.1) is 6.20 Å². The molecule has 2 N–H and O–H groups in total. The molecular weight excluding hydrogens is 240 g/mol. The van der Waals surface area contributed by atoms with Crippen LogP contribution in [0.25, 0.3) is 0 Å². The van der Waals surface area contributed by atoms with Gasteiger partial charge in [0, 0.05) is 17.3 Å². The van der Waals surface area contributed by atoms with Gasteiger partial charge >= 0.3 is 0 Å². The zero-order valence-corrected chi connectivity index (χ0v) is 9.95. The third kappa shape index (κ3) is 2.82. The summed E-state index contributed by atoms with van der Waals surface area (Å²) in [5.74, 6) is 0.300. The number of halogens is 1. The molecule has 0 radical (unpaired) electrons. The van der Waals surface area contributed by atoms with E-state index in [0.29, 0.717) is 16.5 Å². The summed E-state index contributed by atoms with van der Waals surface area (Å²) < 4.78 is 0. The van der Waals surface area contributed by atoms with Crippen LogP contribution in [0.1, 0.15) is 23.0 Å². The summed E-state index contributed by atoms with van der Waals surface area (Å²) in [7, 11) is 0. The number of aromatic amines is 1. The van der Waals surface area contributed by atoms with Crippen LogP contribution >= 0.6 is 11.6 Å². The van der Waals surface area contributed by atoms with Crippen LogP contribution in [-0.4, -0.2) is 21.1 Å². The van der Waals surface area contributed by atoms with Crippen LogP contribution in [0.2, 0.25) is 5.15 Å². The van der Waals surface area contributed by atoms with Crippen molar-refractivity contribution in [1.82, 2.24) is 15.2 Å². The molecule has 0 atom stereocenters. The van der Waals surface area contributed by atoms with Crippen molar-refractivity contribution in [3.8, 4) is 0 Å². The van der Waals surface area contributed by atoms with Crippen molar-refractivity contribution in [2.75, 3.05) is 5.32 Å². The lowest BCUT2D eigenvalue weighted by Gasteiger charge is -2.04. The predicted octanol–water partition coefficient (Wildman–Crippen LogP) is 2.27. The number of aromatic nitrogens is 3. The van der Waals surface area contributed by atoms with Crippen molar-refractivity contribution in [2.45, 2.75) is 13.3 Å². The van der Waals surface area contributed by atoms with Gasteiger partial charge in [0.2, 0.25) is 0 Å². The van der Waals surface area contributed by atoms with Gasteiger partial charge in [-0.25, -0.2) is 4.98 Å². The lowest BCUT2D eigenvalue weighted by molar-refractivity contribution is 0.102. The van der Waals surface area contributed by atoms with E-state index in [1.54, 1.807) is 18.3 Å². The Morgan fingerprint density at radius 2 is 2.35 bits per heavy atom. The number of pyridine rings is 1. The fraction of sp³-hybridized carbons (Fsp3) is 0.182. The van der Waals surface area contributed by atoms with E-state index in [4.69, 9.17) is 11.6 Å². The van der Waals surface area contributed by atoms with Crippen LogP contribution in [-0.2, 0) is 6.42 Å². The first-order chi connectivity index (χ1) is 8.19. The molecule has 88 valence electrons. The molecule has 1 amide bonds. The third-order valence-corrected chi connectivity index (χ3v) is 2.41.